The maximum atomic E-state index is 2.47. The van der Waals surface area contributed by atoms with E-state index in [9.17, 15) is 0 Å². The van der Waals surface area contributed by atoms with Crippen molar-refractivity contribution >= 4 is 0 Å². The third-order valence-corrected chi connectivity index (χ3v) is 5.96. The summed E-state index contributed by atoms with van der Waals surface area (Å²) in [7, 11) is 0. The molecule has 2 aliphatic rings. The molecule has 0 heterocycles. The van der Waals surface area contributed by atoms with Gasteiger partial charge in [0.1, 0.15) is 0 Å². The van der Waals surface area contributed by atoms with Crippen molar-refractivity contribution in [3.05, 3.63) is 58.7 Å². The van der Waals surface area contributed by atoms with Crippen molar-refractivity contribution in [3.8, 4) is 0 Å². The van der Waals surface area contributed by atoms with E-state index in [1.165, 1.54) is 36.0 Å². The van der Waals surface area contributed by atoms with Gasteiger partial charge in [0.2, 0.25) is 0 Å². The Hall–Kier alpha value is -1.30. The van der Waals surface area contributed by atoms with Crippen LogP contribution in [-0.2, 0) is 0 Å². The Kier molecular flexibility index (Phi) is 4.06. The molecule has 1 aromatic carbocycles. The number of benzene rings is 1. The second-order valence-corrected chi connectivity index (χ2v) is 7.03. The fourth-order valence-electron chi connectivity index (χ4n) is 4.57. The van der Waals surface area contributed by atoms with Crippen LogP contribution in [0.3, 0.4) is 0 Å². The van der Waals surface area contributed by atoms with Crippen LogP contribution in [0.1, 0.15) is 54.4 Å². The van der Waals surface area contributed by atoms with E-state index in [0.717, 1.165) is 23.7 Å². The molecular weight excluding hydrogens is 252 g/mol. The van der Waals surface area contributed by atoms with E-state index in [-0.39, 0.29) is 0 Å². The SMILES string of the molecule is CCCC1C(c2ccc(C)c(C)c2C)CC2C=CC=CC21. The molecule has 3 rings (SSSR count). The number of hydrogen-bond donors (Lipinski definition) is 0. The van der Waals surface area contributed by atoms with Crippen LogP contribution in [-0.4, -0.2) is 0 Å². The van der Waals surface area contributed by atoms with Gasteiger partial charge in [0.15, 0.2) is 0 Å². The van der Waals surface area contributed by atoms with Gasteiger partial charge in [-0.1, -0.05) is 49.8 Å². The van der Waals surface area contributed by atoms with Gasteiger partial charge in [-0.25, -0.2) is 0 Å². The number of rotatable bonds is 3. The molecule has 0 spiro atoms. The average Bonchev–Trinajstić information content (AvgIpc) is 2.84. The molecule has 0 aliphatic heterocycles. The average molecular weight is 280 g/mol. The highest BCUT2D eigenvalue weighted by molar-refractivity contribution is 5.42. The zero-order valence-corrected chi connectivity index (χ0v) is 13.9. The van der Waals surface area contributed by atoms with E-state index in [0.29, 0.717) is 0 Å². The predicted octanol–water partition coefficient (Wildman–Crippen LogP) is 5.87. The van der Waals surface area contributed by atoms with Crippen molar-refractivity contribution in [1.82, 2.24) is 0 Å². The van der Waals surface area contributed by atoms with E-state index in [4.69, 9.17) is 0 Å². The first-order valence-corrected chi connectivity index (χ1v) is 8.55. The lowest BCUT2D eigenvalue weighted by Crippen LogP contribution is -2.16. The smallest absolute Gasteiger partial charge is 0.0119 e. The topological polar surface area (TPSA) is 0 Å². The maximum absolute atomic E-state index is 2.47. The Morgan fingerprint density at radius 3 is 2.52 bits per heavy atom. The number of aryl methyl sites for hydroxylation is 1. The lowest BCUT2D eigenvalue weighted by Gasteiger charge is -2.26. The summed E-state index contributed by atoms with van der Waals surface area (Å²) >= 11 is 0. The van der Waals surface area contributed by atoms with Gasteiger partial charge in [-0.3, -0.25) is 0 Å². The molecule has 0 heteroatoms. The summed E-state index contributed by atoms with van der Waals surface area (Å²) in [5, 5.41) is 0. The van der Waals surface area contributed by atoms with Gasteiger partial charge in [0, 0.05) is 0 Å². The second-order valence-electron chi connectivity index (χ2n) is 7.03. The Labute approximate surface area is 130 Å². The lowest BCUT2D eigenvalue weighted by atomic mass is 9.78. The van der Waals surface area contributed by atoms with Crippen LogP contribution < -0.4 is 0 Å². The standard InChI is InChI=1S/C21H28/c1-5-8-20-19-10-7-6-9-17(19)13-21(20)18-12-11-14(2)15(3)16(18)4/h6-7,9-12,17,19-21H,5,8,13H2,1-4H3. The van der Waals surface area contributed by atoms with Crippen LogP contribution in [0.25, 0.3) is 0 Å². The van der Waals surface area contributed by atoms with Gasteiger partial charge in [-0.2, -0.15) is 0 Å². The normalized spacial score (nSPS) is 30.7. The number of fused-ring (bicyclic) bond motifs is 1. The molecular formula is C21H28. The minimum atomic E-state index is 0.742. The molecule has 1 saturated carbocycles. The zero-order chi connectivity index (χ0) is 15.0. The summed E-state index contributed by atoms with van der Waals surface area (Å²) in [6.45, 7) is 9.18. The molecule has 0 nitrogen and oxygen atoms in total. The Balaban J connectivity index is 1.99. The first-order valence-electron chi connectivity index (χ1n) is 8.55. The fraction of sp³-hybridized carbons (Fsp3) is 0.524. The molecule has 0 amide bonds. The molecule has 0 bridgehead atoms. The van der Waals surface area contributed by atoms with Gasteiger partial charge in [0.25, 0.3) is 0 Å². The van der Waals surface area contributed by atoms with Crippen molar-refractivity contribution in [3.63, 3.8) is 0 Å². The highest BCUT2D eigenvalue weighted by Crippen LogP contribution is 2.52. The van der Waals surface area contributed by atoms with Crippen LogP contribution in [0.15, 0.2) is 36.4 Å². The van der Waals surface area contributed by atoms with Crippen LogP contribution in [0.2, 0.25) is 0 Å². The van der Waals surface area contributed by atoms with Crippen LogP contribution in [0.4, 0.5) is 0 Å². The summed E-state index contributed by atoms with van der Waals surface area (Å²) < 4.78 is 0. The zero-order valence-electron chi connectivity index (χ0n) is 13.9. The highest BCUT2D eigenvalue weighted by atomic mass is 14.5. The van der Waals surface area contributed by atoms with E-state index in [1.807, 2.05) is 0 Å². The minimum absolute atomic E-state index is 0.742. The number of allylic oxidation sites excluding steroid dienone is 4. The summed E-state index contributed by atoms with van der Waals surface area (Å²) in [6, 6.07) is 4.74. The van der Waals surface area contributed by atoms with Gasteiger partial charge in [-0.15, -0.1) is 0 Å². The Bertz CT molecular complexity index is 576. The quantitative estimate of drug-likeness (QED) is 0.649. The molecule has 4 atom stereocenters. The molecule has 2 aliphatic carbocycles. The molecule has 1 aromatic rings. The molecule has 0 N–H and O–H groups in total. The van der Waals surface area contributed by atoms with Crippen molar-refractivity contribution < 1.29 is 0 Å². The van der Waals surface area contributed by atoms with Gasteiger partial charge in [0.05, 0.1) is 0 Å². The summed E-state index contributed by atoms with van der Waals surface area (Å²) in [4.78, 5) is 0. The first-order chi connectivity index (χ1) is 10.1. The largest absolute Gasteiger partial charge is 0.0808 e. The third-order valence-electron chi connectivity index (χ3n) is 5.96. The van der Waals surface area contributed by atoms with Crippen molar-refractivity contribution in [2.24, 2.45) is 17.8 Å². The van der Waals surface area contributed by atoms with Crippen molar-refractivity contribution in [2.75, 3.05) is 0 Å². The lowest BCUT2D eigenvalue weighted by molar-refractivity contribution is 0.366. The van der Waals surface area contributed by atoms with E-state index in [1.54, 1.807) is 5.56 Å². The molecule has 112 valence electrons. The van der Waals surface area contributed by atoms with Crippen LogP contribution >= 0.6 is 0 Å². The third kappa shape index (κ3) is 2.50. The molecule has 1 fully saturated rings. The van der Waals surface area contributed by atoms with Gasteiger partial charge in [-0.05, 0) is 79.5 Å². The highest BCUT2D eigenvalue weighted by Gasteiger charge is 2.41. The molecule has 0 aromatic heterocycles. The van der Waals surface area contributed by atoms with E-state index in [2.05, 4.69) is 64.1 Å². The summed E-state index contributed by atoms with van der Waals surface area (Å²) in [5.74, 6) is 3.09. The Morgan fingerprint density at radius 1 is 1.00 bits per heavy atom. The molecule has 0 saturated heterocycles. The van der Waals surface area contributed by atoms with Crippen LogP contribution in [0.5, 0.6) is 0 Å². The molecule has 21 heavy (non-hydrogen) atoms. The van der Waals surface area contributed by atoms with Crippen LogP contribution in [0, 0.1) is 38.5 Å². The number of hydrogen-bond acceptors (Lipinski definition) is 0. The predicted molar refractivity (Wildman–Crippen MR) is 91.7 cm³/mol. The van der Waals surface area contributed by atoms with Gasteiger partial charge >= 0.3 is 0 Å². The summed E-state index contributed by atoms with van der Waals surface area (Å²) in [5.41, 5.74) is 6.07. The van der Waals surface area contributed by atoms with Gasteiger partial charge < -0.3 is 0 Å². The molecule has 4 unspecified atom stereocenters. The van der Waals surface area contributed by atoms with E-state index < -0.39 is 0 Å². The summed E-state index contributed by atoms with van der Waals surface area (Å²) in [6.07, 6.45) is 13.4. The van der Waals surface area contributed by atoms with Crippen molar-refractivity contribution in [1.29, 1.82) is 0 Å². The van der Waals surface area contributed by atoms with E-state index >= 15 is 0 Å². The Morgan fingerprint density at radius 2 is 1.76 bits per heavy atom. The minimum Gasteiger partial charge on any atom is -0.0808 e. The first kappa shape index (κ1) is 14.6. The second kappa shape index (κ2) is 5.83. The molecule has 0 radical (unpaired) electrons. The monoisotopic (exact) mass is 280 g/mol. The maximum Gasteiger partial charge on any atom is -0.0119 e. The fourth-order valence-corrected chi connectivity index (χ4v) is 4.57. The van der Waals surface area contributed by atoms with Crippen molar-refractivity contribution in [2.45, 2.75) is 52.9 Å².